The molecule has 0 aliphatic carbocycles. The summed E-state index contributed by atoms with van der Waals surface area (Å²) in [5.74, 6) is -0.319. The molecule has 3 aromatic rings. The molecule has 1 atom stereocenters. The first-order chi connectivity index (χ1) is 13.7. The summed E-state index contributed by atoms with van der Waals surface area (Å²) in [5.41, 5.74) is 0.621. The third-order valence-corrected chi connectivity index (χ3v) is 4.90. The van der Waals surface area contributed by atoms with E-state index < -0.39 is 11.7 Å². The number of hydrogen-bond donors (Lipinski definition) is 2. The van der Waals surface area contributed by atoms with Crippen LogP contribution in [0.4, 0.5) is 4.79 Å². The zero-order valence-electron chi connectivity index (χ0n) is 16.9. The molecule has 1 unspecified atom stereocenters. The number of carbonyl (C=O) groups excluding carboxylic acids is 2. The van der Waals surface area contributed by atoms with Crippen LogP contribution in [0.2, 0.25) is 0 Å². The molecule has 3 heterocycles. The lowest BCUT2D eigenvalue weighted by Crippen LogP contribution is -2.38. The molecule has 8 nitrogen and oxygen atoms in total. The van der Waals surface area contributed by atoms with E-state index in [-0.39, 0.29) is 11.9 Å². The van der Waals surface area contributed by atoms with Gasteiger partial charge in [0, 0.05) is 41.9 Å². The second-order valence-corrected chi connectivity index (χ2v) is 8.61. The minimum atomic E-state index is -0.532. The number of carbonyl (C=O) groups is 2. The van der Waals surface area contributed by atoms with E-state index in [0.29, 0.717) is 29.0 Å². The van der Waals surface area contributed by atoms with E-state index in [1.165, 1.54) is 11.3 Å². The molecule has 154 valence electrons. The molecule has 0 aliphatic rings. The lowest BCUT2D eigenvalue weighted by atomic mass is 10.2. The van der Waals surface area contributed by atoms with Crippen LogP contribution in [0, 0.1) is 0 Å². The quantitative estimate of drug-likeness (QED) is 0.666. The summed E-state index contributed by atoms with van der Waals surface area (Å²) in [7, 11) is 0. The smallest absolute Gasteiger partial charge is 0.407 e. The molecule has 9 heteroatoms. The van der Waals surface area contributed by atoms with Gasteiger partial charge in [-0.25, -0.2) is 9.78 Å². The van der Waals surface area contributed by atoms with Crippen molar-refractivity contribution in [3.05, 3.63) is 46.5 Å². The maximum Gasteiger partial charge on any atom is 0.407 e. The van der Waals surface area contributed by atoms with Gasteiger partial charge in [0.2, 0.25) is 0 Å². The zero-order chi connectivity index (χ0) is 21.0. The van der Waals surface area contributed by atoms with Gasteiger partial charge in [0.05, 0.1) is 5.56 Å². The molecule has 0 saturated carbocycles. The first kappa shape index (κ1) is 20.8. The molecule has 2 amide bonds. The van der Waals surface area contributed by atoms with Gasteiger partial charge in [0.1, 0.15) is 11.2 Å². The molecular formula is C20H25N5O3S. The van der Waals surface area contributed by atoms with Crippen molar-refractivity contribution in [2.75, 3.05) is 0 Å². The lowest BCUT2D eigenvalue weighted by molar-refractivity contribution is 0.0505. The fourth-order valence-electron chi connectivity index (χ4n) is 2.75. The number of fused-ring (bicyclic) bond motifs is 1. The van der Waals surface area contributed by atoms with Gasteiger partial charge in [0.15, 0.2) is 4.80 Å². The third-order valence-electron chi connectivity index (χ3n) is 4.10. The minimum absolute atomic E-state index is 0.0829. The summed E-state index contributed by atoms with van der Waals surface area (Å²) >= 11 is 1.39. The molecule has 0 aromatic carbocycles. The number of aromatic nitrogens is 3. The van der Waals surface area contributed by atoms with E-state index in [1.54, 1.807) is 18.5 Å². The second-order valence-electron chi connectivity index (χ2n) is 7.73. The average molecular weight is 416 g/mol. The number of nitrogens with one attached hydrogen (secondary N) is 2. The Bertz CT molecular complexity index is 1070. The number of ether oxygens (including phenoxy) is 1. The molecule has 0 aliphatic heterocycles. The van der Waals surface area contributed by atoms with Crippen LogP contribution < -0.4 is 10.1 Å². The maximum atomic E-state index is 12.7. The van der Waals surface area contributed by atoms with E-state index in [1.807, 2.05) is 49.9 Å². The first-order valence-electron chi connectivity index (χ1n) is 9.37. The topological polar surface area (TPSA) is 101 Å². The third kappa shape index (κ3) is 5.54. The predicted octanol–water partition coefficient (Wildman–Crippen LogP) is 3.47. The van der Waals surface area contributed by atoms with Gasteiger partial charge in [-0.3, -0.25) is 4.79 Å². The highest BCUT2D eigenvalue weighted by atomic mass is 32.1. The van der Waals surface area contributed by atoms with Crippen LogP contribution in [0.15, 0.2) is 41.1 Å². The van der Waals surface area contributed by atoms with Gasteiger partial charge in [0.25, 0.3) is 5.91 Å². The number of alkyl carbamates (subject to hydrolysis) is 1. The molecule has 0 radical (unpaired) electrons. The van der Waals surface area contributed by atoms with E-state index >= 15 is 0 Å². The molecule has 29 heavy (non-hydrogen) atoms. The molecule has 0 bridgehead atoms. The van der Waals surface area contributed by atoms with E-state index in [9.17, 15) is 9.59 Å². The van der Waals surface area contributed by atoms with Crippen molar-refractivity contribution >= 4 is 34.4 Å². The molecule has 2 N–H and O–H groups in total. The van der Waals surface area contributed by atoms with Gasteiger partial charge in [-0.05, 0) is 46.2 Å². The summed E-state index contributed by atoms with van der Waals surface area (Å²) in [6.45, 7) is 8.01. The van der Waals surface area contributed by atoms with Crippen LogP contribution in [-0.2, 0) is 11.3 Å². The Hall–Kier alpha value is -2.94. The van der Waals surface area contributed by atoms with E-state index in [2.05, 4.69) is 20.3 Å². The number of hydrogen-bond acceptors (Lipinski definition) is 5. The van der Waals surface area contributed by atoms with Crippen LogP contribution in [0.3, 0.4) is 0 Å². The predicted molar refractivity (Wildman–Crippen MR) is 112 cm³/mol. The maximum absolute atomic E-state index is 12.7. The highest BCUT2D eigenvalue weighted by Crippen LogP contribution is 2.16. The van der Waals surface area contributed by atoms with Crippen molar-refractivity contribution in [1.82, 2.24) is 19.9 Å². The number of nitrogens with zero attached hydrogens (tertiary/aromatic N) is 3. The Kier molecular flexibility index (Phi) is 6.17. The number of aryl methyl sites for hydroxylation is 1. The Morgan fingerprint density at radius 3 is 2.97 bits per heavy atom. The summed E-state index contributed by atoms with van der Waals surface area (Å²) in [6.07, 6.45) is 5.42. The lowest BCUT2D eigenvalue weighted by Gasteiger charge is -2.22. The molecule has 0 saturated heterocycles. The summed E-state index contributed by atoms with van der Waals surface area (Å²) in [6, 6.07) is 3.55. The number of H-pyrrole nitrogens is 1. The highest BCUT2D eigenvalue weighted by molar-refractivity contribution is 7.07. The minimum Gasteiger partial charge on any atom is -0.444 e. The Morgan fingerprint density at radius 1 is 1.41 bits per heavy atom. The number of thiazole rings is 1. The summed E-state index contributed by atoms with van der Waals surface area (Å²) in [4.78, 5) is 36.6. The highest BCUT2D eigenvalue weighted by Gasteiger charge is 2.18. The van der Waals surface area contributed by atoms with Crippen molar-refractivity contribution in [2.24, 2.45) is 4.99 Å². The van der Waals surface area contributed by atoms with Gasteiger partial charge >= 0.3 is 6.09 Å². The fraction of sp³-hybridized carbons (Fsp3) is 0.400. The van der Waals surface area contributed by atoms with Crippen molar-refractivity contribution in [3.63, 3.8) is 0 Å². The zero-order valence-corrected chi connectivity index (χ0v) is 17.7. The normalized spacial score (nSPS) is 13.4. The largest absolute Gasteiger partial charge is 0.444 e. The van der Waals surface area contributed by atoms with Gasteiger partial charge in [-0.1, -0.05) is 0 Å². The number of pyridine rings is 1. The Balaban J connectivity index is 1.66. The fourth-order valence-corrected chi connectivity index (χ4v) is 3.50. The van der Waals surface area contributed by atoms with Crippen molar-refractivity contribution < 1.29 is 14.3 Å². The van der Waals surface area contributed by atoms with Gasteiger partial charge in [-0.15, -0.1) is 11.3 Å². The Morgan fingerprint density at radius 2 is 2.21 bits per heavy atom. The number of rotatable bonds is 5. The molecule has 0 spiro atoms. The molecule has 3 aromatic heterocycles. The van der Waals surface area contributed by atoms with Gasteiger partial charge in [-0.2, -0.15) is 4.99 Å². The monoisotopic (exact) mass is 415 g/mol. The van der Waals surface area contributed by atoms with Crippen LogP contribution in [-0.4, -0.2) is 38.2 Å². The summed E-state index contributed by atoms with van der Waals surface area (Å²) in [5, 5.41) is 5.46. The van der Waals surface area contributed by atoms with Gasteiger partial charge < -0.3 is 19.6 Å². The number of aromatic amines is 1. The standard InChI is InChI=1S/C20H25N5O3S/c1-13(23-19(27)28-20(2,3)4)7-9-25-10-11-29-18(25)24-17(26)15-12-22-16-14(15)6-5-8-21-16/h5-6,8,10-13H,7,9H2,1-4H3,(H,21,22)(H,23,27)/b24-18-. The second kappa shape index (κ2) is 8.60. The SMILES string of the molecule is CC(CCn1ccs/c1=N\C(=O)c1c[nH]c2ncccc12)NC(=O)OC(C)(C)C. The molecule has 3 rings (SSSR count). The van der Waals surface area contributed by atoms with Crippen molar-refractivity contribution in [1.29, 1.82) is 0 Å². The van der Waals surface area contributed by atoms with Crippen molar-refractivity contribution in [3.8, 4) is 0 Å². The first-order valence-corrected chi connectivity index (χ1v) is 10.3. The number of amides is 2. The molecule has 0 fully saturated rings. The van der Waals surface area contributed by atoms with E-state index in [4.69, 9.17) is 4.74 Å². The molecular weight excluding hydrogens is 390 g/mol. The average Bonchev–Trinajstić information content (AvgIpc) is 3.24. The Labute approximate surface area is 172 Å². The van der Waals surface area contributed by atoms with Crippen LogP contribution in [0.1, 0.15) is 44.5 Å². The van der Waals surface area contributed by atoms with E-state index in [0.717, 1.165) is 5.39 Å². The van der Waals surface area contributed by atoms with Crippen molar-refractivity contribution in [2.45, 2.75) is 52.3 Å². The van der Waals surface area contributed by atoms with Crippen LogP contribution >= 0.6 is 11.3 Å². The summed E-state index contributed by atoms with van der Waals surface area (Å²) < 4.78 is 7.18. The van der Waals surface area contributed by atoms with Crippen LogP contribution in [0.25, 0.3) is 11.0 Å². The van der Waals surface area contributed by atoms with Crippen LogP contribution in [0.5, 0.6) is 0 Å².